The van der Waals surface area contributed by atoms with Crippen molar-refractivity contribution in [3.63, 3.8) is 0 Å². The number of carbonyl (C=O) groups excluding carboxylic acids is 2. The first-order valence-corrected chi connectivity index (χ1v) is 10.1. The fraction of sp³-hybridized carbons (Fsp3) is 0.273. The maximum atomic E-state index is 12.5. The lowest BCUT2D eigenvalue weighted by Gasteiger charge is -2.24. The Labute approximate surface area is 173 Å². The highest BCUT2D eigenvalue weighted by molar-refractivity contribution is 8.00. The molecular weight excluding hydrogens is 392 g/mol. The number of hydrogen-bond acceptors (Lipinski definition) is 7. The molecule has 1 heterocycles. The molecule has 2 aromatic rings. The molecular formula is C22H22O6S. The van der Waals surface area contributed by atoms with Gasteiger partial charge in [-0.1, -0.05) is 42.5 Å². The first kappa shape index (κ1) is 21.1. The van der Waals surface area contributed by atoms with E-state index in [9.17, 15) is 14.7 Å². The van der Waals surface area contributed by atoms with Crippen LogP contribution in [0.1, 0.15) is 20.7 Å². The van der Waals surface area contributed by atoms with Crippen molar-refractivity contribution < 1.29 is 28.9 Å². The number of rotatable bonds is 8. The van der Waals surface area contributed by atoms with Gasteiger partial charge in [0.2, 0.25) is 0 Å². The predicted octanol–water partition coefficient (Wildman–Crippen LogP) is 3.07. The average molecular weight is 414 g/mol. The number of esters is 2. The Morgan fingerprint density at radius 2 is 1.55 bits per heavy atom. The van der Waals surface area contributed by atoms with Gasteiger partial charge in [-0.3, -0.25) is 0 Å². The average Bonchev–Trinajstić information content (AvgIpc) is 3.05. The van der Waals surface area contributed by atoms with Gasteiger partial charge in [0, 0.05) is 0 Å². The quantitative estimate of drug-likeness (QED) is 0.525. The van der Waals surface area contributed by atoms with Crippen LogP contribution < -0.4 is 0 Å². The Hall–Kier alpha value is -2.61. The van der Waals surface area contributed by atoms with Gasteiger partial charge in [-0.25, -0.2) is 9.59 Å². The molecule has 0 aliphatic carbocycles. The number of aliphatic hydroxyl groups excluding tert-OH is 1. The second-order valence-electron chi connectivity index (χ2n) is 6.35. The van der Waals surface area contributed by atoms with Crippen LogP contribution in [-0.2, 0) is 14.2 Å². The fourth-order valence-electron chi connectivity index (χ4n) is 2.92. The van der Waals surface area contributed by atoms with Crippen LogP contribution in [0.4, 0.5) is 0 Å². The van der Waals surface area contributed by atoms with Gasteiger partial charge in [-0.2, -0.15) is 0 Å². The molecule has 3 rings (SSSR count). The van der Waals surface area contributed by atoms with E-state index in [0.717, 1.165) is 11.8 Å². The highest BCUT2D eigenvalue weighted by atomic mass is 32.2. The Morgan fingerprint density at radius 1 is 0.966 bits per heavy atom. The van der Waals surface area contributed by atoms with Crippen molar-refractivity contribution in [3.8, 4) is 0 Å². The summed E-state index contributed by atoms with van der Waals surface area (Å²) in [7, 11) is 0. The Bertz CT molecular complexity index is 826. The zero-order chi connectivity index (χ0) is 20.6. The summed E-state index contributed by atoms with van der Waals surface area (Å²) in [5, 5.41) is 9.92. The second kappa shape index (κ2) is 10.2. The SMILES string of the molecule is C=CCOC1C(O)S[C@H](COC(=O)c2ccccc2)[C@@H]1OC(=O)c1ccccc1. The van der Waals surface area contributed by atoms with Crippen molar-refractivity contribution in [1.29, 1.82) is 0 Å². The molecule has 29 heavy (non-hydrogen) atoms. The number of carbonyl (C=O) groups is 2. The molecule has 0 amide bonds. The van der Waals surface area contributed by atoms with Crippen LogP contribution in [0.5, 0.6) is 0 Å². The summed E-state index contributed by atoms with van der Waals surface area (Å²) in [5.41, 5.74) is -0.112. The number of benzene rings is 2. The van der Waals surface area contributed by atoms with Gasteiger partial charge in [0.1, 0.15) is 24.3 Å². The highest BCUT2D eigenvalue weighted by Crippen LogP contribution is 2.37. The predicted molar refractivity (Wildman–Crippen MR) is 110 cm³/mol. The molecule has 0 spiro atoms. The topological polar surface area (TPSA) is 82.1 Å². The van der Waals surface area contributed by atoms with Crippen molar-refractivity contribution in [2.75, 3.05) is 13.2 Å². The van der Waals surface area contributed by atoms with E-state index >= 15 is 0 Å². The molecule has 4 atom stereocenters. The van der Waals surface area contributed by atoms with E-state index in [4.69, 9.17) is 14.2 Å². The highest BCUT2D eigenvalue weighted by Gasteiger charge is 2.47. The molecule has 0 aromatic heterocycles. The van der Waals surface area contributed by atoms with Gasteiger partial charge in [0.15, 0.2) is 0 Å². The van der Waals surface area contributed by atoms with Crippen LogP contribution in [0.15, 0.2) is 73.3 Å². The van der Waals surface area contributed by atoms with Gasteiger partial charge in [0.25, 0.3) is 0 Å². The van der Waals surface area contributed by atoms with Gasteiger partial charge >= 0.3 is 11.9 Å². The lowest BCUT2D eigenvalue weighted by Crippen LogP contribution is -2.40. The Kier molecular flexibility index (Phi) is 7.46. The number of hydrogen-bond donors (Lipinski definition) is 1. The van der Waals surface area contributed by atoms with Crippen molar-refractivity contribution in [2.45, 2.75) is 22.9 Å². The zero-order valence-electron chi connectivity index (χ0n) is 15.7. The van der Waals surface area contributed by atoms with Crippen molar-refractivity contribution in [1.82, 2.24) is 0 Å². The van der Waals surface area contributed by atoms with Crippen LogP contribution in [-0.4, -0.2) is 53.2 Å². The minimum Gasteiger partial charge on any atom is -0.461 e. The molecule has 1 aliphatic heterocycles. The minimum absolute atomic E-state index is 0.0316. The summed E-state index contributed by atoms with van der Waals surface area (Å²) >= 11 is 1.15. The number of thioether (sulfide) groups is 1. The molecule has 0 bridgehead atoms. The largest absolute Gasteiger partial charge is 0.461 e. The zero-order valence-corrected chi connectivity index (χ0v) is 16.5. The van der Waals surface area contributed by atoms with E-state index in [-0.39, 0.29) is 13.2 Å². The molecule has 6 nitrogen and oxygen atoms in total. The van der Waals surface area contributed by atoms with Gasteiger partial charge in [-0.15, -0.1) is 18.3 Å². The van der Waals surface area contributed by atoms with E-state index in [1.54, 1.807) is 66.7 Å². The molecule has 2 aromatic carbocycles. The summed E-state index contributed by atoms with van der Waals surface area (Å²) in [6, 6.07) is 17.2. The van der Waals surface area contributed by atoms with Gasteiger partial charge in [-0.05, 0) is 24.3 Å². The minimum atomic E-state index is -0.927. The van der Waals surface area contributed by atoms with E-state index in [1.165, 1.54) is 0 Å². The van der Waals surface area contributed by atoms with Crippen molar-refractivity contribution >= 4 is 23.7 Å². The van der Waals surface area contributed by atoms with Crippen LogP contribution >= 0.6 is 11.8 Å². The first-order valence-electron chi connectivity index (χ1n) is 9.14. The van der Waals surface area contributed by atoms with Crippen LogP contribution in [0.3, 0.4) is 0 Å². The Morgan fingerprint density at radius 3 is 2.14 bits per heavy atom. The summed E-state index contributed by atoms with van der Waals surface area (Å²) in [6.07, 6.45) is 0.00766. The maximum Gasteiger partial charge on any atom is 0.338 e. The summed E-state index contributed by atoms with van der Waals surface area (Å²) in [5.74, 6) is -1.01. The lowest BCUT2D eigenvalue weighted by atomic mass is 10.1. The monoisotopic (exact) mass is 414 g/mol. The van der Waals surface area contributed by atoms with E-state index in [1.807, 2.05) is 0 Å². The fourth-order valence-corrected chi connectivity index (χ4v) is 4.18. The van der Waals surface area contributed by atoms with E-state index in [2.05, 4.69) is 6.58 Å². The lowest BCUT2D eigenvalue weighted by molar-refractivity contribution is -0.0685. The molecule has 7 heteroatoms. The van der Waals surface area contributed by atoms with Gasteiger partial charge < -0.3 is 19.3 Å². The van der Waals surface area contributed by atoms with Crippen molar-refractivity contribution in [2.24, 2.45) is 0 Å². The third-order valence-corrected chi connectivity index (χ3v) is 5.63. The summed E-state index contributed by atoms with van der Waals surface area (Å²) in [4.78, 5) is 24.8. The van der Waals surface area contributed by atoms with Crippen LogP contribution in [0, 0.1) is 0 Å². The van der Waals surface area contributed by atoms with Crippen LogP contribution in [0.25, 0.3) is 0 Å². The van der Waals surface area contributed by atoms with E-state index < -0.39 is 34.8 Å². The molecule has 2 unspecified atom stereocenters. The third-order valence-electron chi connectivity index (χ3n) is 4.33. The molecule has 1 aliphatic rings. The molecule has 1 N–H and O–H groups in total. The normalized spacial score (nSPS) is 23.3. The number of aliphatic hydroxyl groups is 1. The van der Waals surface area contributed by atoms with E-state index in [0.29, 0.717) is 11.1 Å². The van der Waals surface area contributed by atoms with Crippen LogP contribution in [0.2, 0.25) is 0 Å². The number of ether oxygens (including phenoxy) is 3. The Balaban J connectivity index is 1.70. The van der Waals surface area contributed by atoms with Gasteiger partial charge in [0.05, 0.1) is 23.0 Å². The maximum absolute atomic E-state index is 12.5. The molecule has 0 radical (unpaired) electrons. The molecule has 1 saturated heterocycles. The first-order chi connectivity index (χ1) is 14.1. The summed E-state index contributed by atoms with van der Waals surface area (Å²) < 4.78 is 16.7. The molecule has 0 saturated carbocycles. The van der Waals surface area contributed by atoms with Crippen molar-refractivity contribution in [3.05, 3.63) is 84.4 Å². The third kappa shape index (κ3) is 5.47. The smallest absolute Gasteiger partial charge is 0.338 e. The molecule has 152 valence electrons. The summed E-state index contributed by atoms with van der Waals surface area (Å²) in [6.45, 7) is 3.76. The second-order valence-corrected chi connectivity index (χ2v) is 7.71. The standard InChI is InChI=1S/C22H22O6S/c1-2-13-26-19-18(28-21(24)16-11-7-4-8-12-16)17(29-22(19)25)14-27-20(23)15-9-5-3-6-10-15/h2-12,17-19,22,25H,1,13-14H2/t17-,18+,19?,22?/m1/s1. The molecule has 1 fully saturated rings.